The zero-order valence-electron chi connectivity index (χ0n) is 13.4. The Labute approximate surface area is 148 Å². The molecule has 0 bridgehead atoms. The first kappa shape index (κ1) is 17.0. The van der Waals surface area contributed by atoms with E-state index in [1.807, 2.05) is 0 Å². The topological polar surface area (TPSA) is 81.4 Å². The van der Waals surface area contributed by atoms with E-state index in [0.29, 0.717) is 16.7 Å². The van der Waals surface area contributed by atoms with Crippen molar-refractivity contribution in [2.45, 2.75) is 13.0 Å². The molecule has 0 fully saturated rings. The fourth-order valence-electron chi connectivity index (χ4n) is 2.41. The van der Waals surface area contributed by atoms with Crippen LogP contribution in [0.1, 0.15) is 29.1 Å². The number of aromatic nitrogens is 1. The van der Waals surface area contributed by atoms with Gasteiger partial charge in [0.1, 0.15) is 10.9 Å². The Bertz CT molecular complexity index is 909. The summed E-state index contributed by atoms with van der Waals surface area (Å²) in [6, 6.07) is 11.7. The molecule has 3 rings (SSSR count). The number of furan rings is 1. The van der Waals surface area contributed by atoms with E-state index >= 15 is 0 Å². The molecule has 1 N–H and O–H groups in total. The Morgan fingerprint density at radius 3 is 2.84 bits per heavy atom. The van der Waals surface area contributed by atoms with E-state index in [2.05, 4.69) is 10.3 Å². The molecule has 0 saturated carbocycles. The zero-order valence-corrected chi connectivity index (χ0v) is 14.1. The summed E-state index contributed by atoms with van der Waals surface area (Å²) in [4.78, 5) is 28.4. The van der Waals surface area contributed by atoms with Gasteiger partial charge in [0.25, 0.3) is 5.91 Å². The van der Waals surface area contributed by atoms with Gasteiger partial charge in [-0.25, -0.2) is 9.78 Å². The zero-order chi connectivity index (χ0) is 17.8. The predicted molar refractivity (Wildman–Crippen MR) is 92.3 cm³/mol. The molecule has 3 aromatic rings. The standard InChI is InChI=1S/C18H15ClN2O4/c1-11(15-7-4-8-24-15)20-17(22)10-25-18(23)13-9-16(19)21-14-6-3-2-5-12(13)14/h2-9,11H,10H2,1H3,(H,20,22)/t11-/m1/s1. The molecule has 0 aliphatic carbocycles. The van der Waals surface area contributed by atoms with Crippen LogP contribution < -0.4 is 5.32 Å². The number of rotatable bonds is 5. The number of esters is 1. The molecule has 25 heavy (non-hydrogen) atoms. The van der Waals surface area contributed by atoms with Gasteiger partial charge in [-0.15, -0.1) is 0 Å². The minimum atomic E-state index is -0.638. The van der Waals surface area contributed by atoms with Crippen LogP contribution in [0.5, 0.6) is 0 Å². The molecule has 0 aliphatic heterocycles. The monoisotopic (exact) mass is 358 g/mol. The second-order valence-corrected chi connectivity index (χ2v) is 5.78. The number of hydrogen-bond acceptors (Lipinski definition) is 5. The molecule has 1 aromatic carbocycles. The molecule has 0 saturated heterocycles. The molecule has 2 heterocycles. The highest BCUT2D eigenvalue weighted by molar-refractivity contribution is 6.30. The van der Waals surface area contributed by atoms with Gasteiger partial charge in [-0.05, 0) is 31.2 Å². The van der Waals surface area contributed by atoms with E-state index in [9.17, 15) is 9.59 Å². The molecule has 0 aliphatic rings. The molecular formula is C18H15ClN2O4. The van der Waals surface area contributed by atoms with Crippen molar-refractivity contribution >= 4 is 34.4 Å². The number of hydrogen-bond donors (Lipinski definition) is 1. The van der Waals surface area contributed by atoms with Crippen molar-refractivity contribution in [1.82, 2.24) is 10.3 Å². The highest BCUT2D eigenvalue weighted by Crippen LogP contribution is 2.21. The van der Waals surface area contributed by atoms with Crippen molar-refractivity contribution in [3.05, 3.63) is 65.2 Å². The summed E-state index contributed by atoms with van der Waals surface area (Å²) < 4.78 is 10.3. The molecule has 1 atom stereocenters. The Hall–Kier alpha value is -2.86. The van der Waals surface area contributed by atoms with Crippen molar-refractivity contribution in [1.29, 1.82) is 0 Å². The number of carbonyl (C=O) groups excluding carboxylic acids is 2. The van der Waals surface area contributed by atoms with Crippen LogP contribution in [0.4, 0.5) is 0 Å². The van der Waals surface area contributed by atoms with E-state index in [0.717, 1.165) is 0 Å². The molecule has 7 heteroatoms. The Morgan fingerprint density at radius 2 is 2.08 bits per heavy atom. The number of benzene rings is 1. The number of fused-ring (bicyclic) bond motifs is 1. The second kappa shape index (κ2) is 7.36. The van der Waals surface area contributed by atoms with E-state index in [-0.39, 0.29) is 16.8 Å². The summed E-state index contributed by atoms with van der Waals surface area (Å²) in [6.45, 7) is 1.37. The van der Waals surface area contributed by atoms with E-state index in [4.69, 9.17) is 20.8 Å². The lowest BCUT2D eigenvalue weighted by Crippen LogP contribution is -2.31. The second-order valence-electron chi connectivity index (χ2n) is 5.39. The van der Waals surface area contributed by atoms with Gasteiger partial charge >= 0.3 is 5.97 Å². The number of nitrogens with zero attached hydrogens (tertiary/aromatic N) is 1. The first-order chi connectivity index (χ1) is 12.0. The van der Waals surface area contributed by atoms with Gasteiger partial charge in [-0.3, -0.25) is 4.79 Å². The molecule has 6 nitrogen and oxygen atoms in total. The normalized spacial score (nSPS) is 11.9. The molecule has 0 radical (unpaired) electrons. The summed E-state index contributed by atoms with van der Waals surface area (Å²) in [7, 11) is 0. The molecule has 1 amide bonds. The maximum Gasteiger partial charge on any atom is 0.339 e. The average Bonchev–Trinajstić information content (AvgIpc) is 3.13. The number of halogens is 1. The number of carbonyl (C=O) groups is 2. The minimum absolute atomic E-state index is 0.182. The van der Waals surface area contributed by atoms with Crippen molar-refractivity contribution < 1.29 is 18.7 Å². The molecule has 128 valence electrons. The van der Waals surface area contributed by atoms with Crippen LogP contribution in [-0.4, -0.2) is 23.5 Å². The van der Waals surface area contributed by atoms with Crippen molar-refractivity contribution in [3.8, 4) is 0 Å². The van der Waals surface area contributed by atoms with Gasteiger partial charge in [0.2, 0.25) is 0 Å². The van der Waals surface area contributed by atoms with Gasteiger partial charge in [0, 0.05) is 5.39 Å². The van der Waals surface area contributed by atoms with Crippen LogP contribution in [0.15, 0.2) is 53.1 Å². The highest BCUT2D eigenvalue weighted by atomic mass is 35.5. The van der Waals surface area contributed by atoms with Gasteiger partial charge in [-0.1, -0.05) is 29.8 Å². The number of amides is 1. The predicted octanol–water partition coefficient (Wildman–Crippen LogP) is 3.52. The summed E-state index contributed by atoms with van der Waals surface area (Å²) >= 11 is 5.95. The third-order valence-electron chi connectivity index (χ3n) is 3.59. The SMILES string of the molecule is C[C@@H](NC(=O)COC(=O)c1cc(Cl)nc2ccccc12)c1ccco1. The van der Waals surface area contributed by atoms with Gasteiger partial charge in [-0.2, -0.15) is 0 Å². The number of ether oxygens (including phenoxy) is 1. The quantitative estimate of drug-likeness (QED) is 0.557. The van der Waals surface area contributed by atoms with Crippen LogP contribution in [0.25, 0.3) is 10.9 Å². The largest absolute Gasteiger partial charge is 0.467 e. The Balaban J connectivity index is 1.66. The number of nitrogens with one attached hydrogen (secondary N) is 1. The van der Waals surface area contributed by atoms with Crippen LogP contribution in [-0.2, 0) is 9.53 Å². The summed E-state index contributed by atoms with van der Waals surface area (Å²) in [6.07, 6.45) is 1.52. The van der Waals surface area contributed by atoms with Crippen LogP contribution >= 0.6 is 11.6 Å². The minimum Gasteiger partial charge on any atom is -0.467 e. The van der Waals surface area contributed by atoms with E-state index in [1.54, 1.807) is 43.3 Å². The average molecular weight is 359 g/mol. The maximum atomic E-state index is 12.3. The van der Waals surface area contributed by atoms with E-state index in [1.165, 1.54) is 12.3 Å². The number of pyridine rings is 1. The smallest absolute Gasteiger partial charge is 0.339 e. The van der Waals surface area contributed by atoms with Crippen molar-refractivity contribution in [3.63, 3.8) is 0 Å². The van der Waals surface area contributed by atoms with Crippen LogP contribution in [0.3, 0.4) is 0 Å². The van der Waals surface area contributed by atoms with Gasteiger partial charge in [0.15, 0.2) is 6.61 Å². The highest BCUT2D eigenvalue weighted by Gasteiger charge is 2.17. The fourth-order valence-corrected chi connectivity index (χ4v) is 2.61. The Morgan fingerprint density at radius 1 is 1.28 bits per heavy atom. The first-order valence-corrected chi connectivity index (χ1v) is 7.97. The lowest BCUT2D eigenvalue weighted by atomic mass is 10.1. The third-order valence-corrected chi connectivity index (χ3v) is 3.78. The number of para-hydroxylation sites is 1. The first-order valence-electron chi connectivity index (χ1n) is 7.60. The lowest BCUT2D eigenvalue weighted by Gasteiger charge is -2.12. The molecule has 2 aromatic heterocycles. The van der Waals surface area contributed by atoms with Gasteiger partial charge < -0.3 is 14.5 Å². The van der Waals surface area contributed by atoms with E-state index < -0.39 is 18.5 Å². The molecule has 0 spiro atoms. The van der Waals surface area contributed by atoms with Crippen molar-refractivity contribution in [2.75, 3.05) is 6.61 Å². The van der Waals surface area contributed by atoms with Crippen molar-refractivity contribution in [2.24, 2.45) is 0 Å². The van der Waals surface area contributed by atoms with Crippen LogP contribution in [0, 0.1) is 0 Å². The summed E-state index contributed by atoms with van der Waals surface area (Å²) in [5.74, 6) is -0.449. The van der Waals surface area contributed by atoms with Crippen LogP contribution in [0.2, 0.25) is 5.15 Å². The Kier molecular flexibility index (Phi) is 5.00. The van der Waals surface area contributed by atoms with Gasteiger partial charge in [0.05, 0.1) is 23.4 Å². The molecular weight excluding hydrogens is 344 g/mol. The summed E-state index contributed by atoms with van der Waals surface area (Å²) in [5, 5.41) is 3.48. The maximum absolute atomic E-state index is 12.3. The third kappa shape index (κ3) is 3.97. The lowest BCUT2D eigenvalue weighted by molar-refractivity contribution is -0.125. The summed E-state index contributed by atoms with van der Waals surface area (Å²) in [5.41, 5.74) is 0.848. The molecule has 0 unspecified atom stereocenters. The fraction of sp³-hybridized carbons (Fsp3) is 0.167.